The Kier molecular flexibility index (Phi) is 4.59. The van der Waals surface area contributed by atoms with Crippen LogP contribution in [0.3, 0.4) is 0 Å². The van der Waals surface area contributed by atoms with Crippen LogP contribution in [-0.2, 0) is 12.8 Å². The van der Waals surface area contributed by atoms with Crippen molar-refractivity contribution in [2.45, 2.75) is 19.3 Å². The topological polar surface area (TPSA) is 92.8 Å². The van der Waals surface area contributed by atoms with Crippen LogP contribution in [0.15, 0.2) is 43.0 Å². The molecule has 2 aromatic heterocycles. The second-order valence-corrected chi connectivity index (χ2v) is 6.17. The van der Waals surface area contributed by atoms with E-state index in [0.717, 1.165) is 48.6 Å². The van der Waals surface area contributed by atoms with Crippen molar-refractivity contribution in [2.75, 3.05) is 13.2 Å². The highest BCUT2D eigenvalue weighted by Crippen LogP contribution is 2.30. The first-order valence-electron chi connectivity index (χ1n) is 8.63. The number of aryl methyl sites for hydroxylation is 1. The number of aromatic nitrogens is 4. The fraction of sp³-hybridized carbons (Fsp3) is 0.263. The van der Waals surface area contributed by atoms with E-state index in [1.807, 2.05) is 18.2 Å². The number of hydrogen-bond donors (Lipinski definition) is 2. The van der Waals surface area contributed by atoms with Gasteiger partial charge in [-0.1, -0.05) is 6.07 Å². The van der Waals surface area contributed by atoms with Crippen molar-refractivity contribution in [2.24, 2.45) is 0 Å². The number of nitrogens with one attached hydrogen (secondary N) is 2. The van der Waals surface area contributed by atoms with Gasteiger partial charge in [0, 0.05) is 37.3 Å². The van der Waals surface area contributed by atoms with Gasteiger partial charge < -0.3 is 10.1 Å². The maximum Gasteiger partial charge on any atom is 0.252 e. The van der Waals surface area contributed by atoms with Crippen LogP contribution in [-0.4, -0.2) is 39.2 Å². The third-order valence-corrected chi connectivity index (χ3v) is 4.36. The second-order valence-electron chi connectivity index (χ2n) is 6.17. The Labute approximate surface area is 150 Å². The molecule has 1 aromatic carbocycles. The zero-order valence-corrected chi connectivity index (χ0v) is 14.2. The van der Waals surface area contributed by atoms with Crippen LogP contribution in [0.5, 0.6) is 5.75 Å². The van der Waals surface area contributed by atoms with Crippen LogP contribution in [0, 0.1) is 0 Å². The summed E-state index contributed by atoms with van der Waals surface area (Å²) in [6, 6.07) is 7.96. The number of amides is 1. The molecule has 7 nitrogen and oxygen atoms in total. The standard InChI is InChI=1S/C19H19N5O2/c25-19(21-6-1-2-18-22-12-23-24-18)16-9-15(10-20-11-16)13-3-4-17-14(8-13)5-7-26-17/h3-4,8-12H,1-2,5-7H2,(H,21,25)(H,22,23,24). The fourth-order valence-electron chi connectivity index (χ4n) is 3.00. The Morgan fingerprint density at radius 1 is 1.23 bits per heavy atom. The quantitative estimate of drug-likeness (QED) is 0.665. The summed E-state index contributed by atoms with van der Waals surface area (Å²) in [5, 5.41) is 9.53. The highest BCUT2D eigenvalue weighted by molar-refractivity contribution is 5.95. The largest absolute Gasteiger partial charge is 0.493 e. The molecule has 0 unspecified atom stereocenters. The second kappa shape index (κ2) is 7.35. The number of carbonyl (C=O) groups is 1. The first-order valence-corrected chi connectivity index (χ1v) is 8.63. The molecule has 7 heteroatoms. The molecular weight excluding hydrogens is 330 g/mol. The van der Waals surface area contributed by atoms with E-state index in [0.29, 0.717) is 12.1 Å². The molecule has 132 valence electrons. The van der Waals surface area contributed by atoms with Gasteiger partial charge in [-0.15, -0.1) is 0 Å². The van der Waals surface area contributed by atoms with Crippen molar-refractivity contribution in [1.82, 2.24) is 25.5 Å². The van der Waals surface area contributed by atoms with Gasteiger partial charge in [-0.05, 0) is 35.7 Å². The summed E-state index contributed by atoms with van der Waals surface area (Å²) in [6.07, 6.45) is 7.30. The molecule has 0 bridgehead atoms. The Bertz CT molecular complexity index is 908. The number of H-pyrrole nitrogens is 1. The molecule has 3 aromatic rings. The first-order chi connectivity index (χ1) is 12.8. The van der Waals surface area contributed by atoms with Gasteiger partial charge >= 0.3 is 0 Å². The predicted octanol–water partition coefficient (Wildman–Crippen LogP) is 2.16. The van der Waals surface area contributed by atoms with Gasteiger partial charge in [-0.2, -0.15) is 5.10 Å². The molecule has 0 radical (unpaired) electrons. The third kappa shape index (κ3) is 3.56. The van der Waals surface area contributed by atoms with Gasteiger partial charge in [0.1, 0.15) is 17.9 Å². The fourth-order valence-corrected chi connectivity index (χ4v) is 3.00. The number of fused-ring (bicyclic) bond motifs is 1. The molecule has 1 aliphatic rings. The number of carbonyl (C=O) groups excluding carboxylic acids is 1. The van der Waals surface area contributed by atoms with E-state index >= 15 is 0 Å². The lowest BCUT2D eigenvalue weighted by Crippen LogP contribution is -2.25. The molecule has 0 saturated heterocycles. The number of pyridine rings is 1. The van der Waals surface area contributed by atoms with E-state index in [1.54, 1.807) is 12.4 Å². The van der Waals surface area contributed by atoms with Gasteiger partial charge in [0.05, 0.1) is 12.2 Å². The maximum absolute atomic E-state index is 12.4. The molecule has 1 amide bonds. The van der Waals surface area contributed by atoms with E-state index in [9.17, 15) is 4.79 Å². The van der Waals surface area contributed by atoms with Crippen LogP contribution >= 0.6 is 0 Å². The molecule has 0 saturated carbocycles. The lowest BCUT2D eigenvalue weighted by molar-refractivity contribution is 0.0953. The highest BCUT2D eigenvalue weighted by atomic mass is 16.5. The Morgan fingerprint density at radius 2 is 2.19 bits per heavy atom. The van der Waals surface area contributed by atoms with Gasteiger partial charge in [0.15, 0.2) is 0 Å². The van der Waals surface area contributed by atoms with Crippen LogP contribution in [0.4, 0.5) is 0 Å². The van der Waals surface area contributed by atoms with Crippen molar-refractivity contribution in [1.29, 1.82) is 0 Å². The number of nitrogens with zero attached hydrogens (tertiary/aromatic N) is 3. The van der Waals surface area contributed by atoms with Crippen molar-refractivity contribution < 1.29 is 9.53 Å². The number of aromatic amines is 1. The van der Waals surface area contributed by atoms with Crippen LogP contribution in [0.2, 0.25) is 0 Å². The summed E-state index contributed by atoms with van der Waals surface area (Å²) in [5.74, 6) is 1.65. The maximum atomic E-state index is 12.4. The van der Waals surface area contributed by atoms with Gasteiger partial charge in [-0.25, -0.2) is 4.98 Å². The zero-order valence-electron chi connectivity index (χ0n) is 14.2. The number of ether oxygens (including phenoxy) is 1. The Hall–Kier alpha value is -3.22. The molecule has 3 heterocycles. The Balaban J connectivity index is 1.39. The molecule has 0 fully saturated rings. The molecule has 0 atom stereocenters. The Morgan fingerprint density at radius 3 is 3.08 bits per heavy atom. The van der Waals surface area contributed by atoms with Crippen molar-refractivity contribution in [3.63, 3.8) is 0 Å². The summed E-state index contributed by atoms with van der Waals surface area (Å²) in [7, 11) is 0. The monoisotopic (exact) mass is 349 g/mol. The summed E-state index contributed by atoms with van der Waals surface area (Å²) < 4.78 is 5.54. The molecule has 1 aliphatic heterocycles. The normalized spacial score (nSPS) is 12.5. The summed E-state index contributed by atoms with van der Waals surface area (Å²) >= 11 is 0. The summed E-state index contributed by atoms with van der Waals surface area (Å²) in [4.78, 5) is 20.7. The van der Waals surface area contributed by atoms with E-state index in [1.165, 1.54) is 11.9 Å². The molecule has 26 heavy (non-hydrogen) atoms. The first kappa shape index (κ1) is 16.3. The van der Waals surface area contributed by atoms with E-state index in [4.69, 9.17) is 4.74 Å². The minimum Gasteiger partial charge on any atom is -0.493 e. The summed E-state index contributed by atoms with van der Waals surface area (Å²) in [5.41, 5.74) is 3.72. The molecule has 0 spiro atoms. The van der Waals surface area contributed by atoms with E-state index in [2.05, 4.69) is 31.5 Å². The van der Waals surface area contributed by atoms with Gasteiger partial charge in [0.2, 0.25) is 0 Å². The number of rotatable bonds is 6. The minimum atomic E-state index is -0.124. The van der Waals surface area contributed by atoms with Crippen LogP contribution < -0.4 is 10.1 Å². The smallest absolute Gasteiger partial charge is 0.252 e. The molecular formula is C19H19N5O2. The predicted molar refractivity (Wildman–Crippen MR) is 95.9 cm³/mol. The zero-order chi connectivity index (χ0) is 17.8. The average Bonchev–Trinajstić information content (AvgIpc) is 3.36. The number of hydrogen-bond acceptors (Lipinski definition) is 5. The SMILES string of the molecule is O=C(NCCCc1ncn[nH]1)c1cncc(-c2ccc3c(c2)CCO3)c1. The van der Waals surface area contributed by atoms with E-state index in [-0.39, 0.29) is 5.91 Å². The van der Waals surface area contributed by atoms with Crippen LogP contribution in [0.1, 0.15) is 28.2 Å². The minimum absolute atomic E-state index is 0.124. The molecule has 2 N–H and O–H groups in total. The van der Waals surface area contributed by atoms with Crippen LogP contribution in [0.25, 0.3) is 11.1 Å². The third-order valence-electron chi connectivity index (χ3n) is 4.36. The van der Waals surface area contributed by atoms with Gasteiger partial charge in [0.25, 0.3) is 5.91 Å². The van der Waals surface area contributed by atoms with Crippen molar-refractivity contribution >= 4 is 5.91 Å². The lowest BCUT2D eigenvalue weighted by atomic mass is 10.0. The number of benzene rings is 1. The van der Waals surface area contributed by atoms with Crippen molar-refractivity contribution in [3.8, 4) is 16.9 Å². The van der Waals surface area contributed by atoms with Gasteiger partial charge in [-0.3, -0.25) is 14.9 Å². The molecule has 4 rings (SSSR count). The highest BCUT2D eigenvalue weighted by Gasteiger charge is 2.14. The lowest BCUT2D eigenvalue weighted by Gasteiger charge is -2.08. The molecule has 0 aliphatic carbocycles. The summed E-state index contributed by atoms with van der Waals surface area (Å²) in [6.45, 7) is 1.30. The van der Waals surface area contributed by atoms with Crippen molar-refractivity contribution in [3.05, 3.63) is 59.9 Å². The van der Waals surface area contributed by atoms with E-state index < -0.39 is 0 Å². The average molecular weight is 349 g/mol.